The summed E-state index contributed by atoms with van der Waals surface area (Å²) in [6.07, 6.45) is 1.66. The van der Waals surface area contributed by atoms with Crippen molar-refractivity contribution in [2.24, 2.45) is 5.92 Å². The third kappa shape index (κ3) is 2.13. The van der Waals surface area contributed by atoms with Gasteiger partial charge in [-0.15, -0.1) is 11.6 Å². The fraction of sp³-hybridized carbons (Fsp3) is 0.400. The molecule has 0 spiro atoms. The second-order valence-electron chi connectivity index (χ2n) is 3.69. The summed E-state index contributed by atoms with van der Waals surface area (Å²) in [5.41, 5.74) is 0. The summed E-state index contributed by atoms with van der Waals surface area (Å²) in [6, 6.07) is 1.14. The second-order valence-corrected chi connectivity index (χ2v) is 4.43. The van der Waals surface area contributed by atoms with Crippen LogP contribution in [0.25, 0.3) is 0 Å². The highest BCUT2D eigenvalue weighted by molar-refractivity contribution is 6.30. The van der Waals surface area contributed by atoms with Crippen molar-refractivity contribution in [2.75, 3.05) is 17.3 Å². The van der Waals surface area contributed by atoms with Crippen LogP contribution in [0.5, 0.6) is 0 Å². The fourth-order valence-electron chi connectivity index (χ4n) is 1.70. The average Bonchev–Trinajstić information content (AvgIpc) is 2.60. The summed E-state index contributed by atoms with van der Waals surface area (Å²) in [7, 11) is 0. The van der Waals surface area contributed by atoms with E-state index >= 15 is 0 Å². The van der Waals surface area contributed by atoms with Gasteiger partial charge in [0.1, 0.15) is 0 Å². The summed E-state index contributed by atoms with van der Waals surface area (Å²) in [5.74, 6) is -0.263. The van der Waals surface area contributed by atoms with Gasteiger partial charge in [0, 0.05) is 25.0 Å². The maximum Gasteiger partial charge on any atom is 0.228 e. The molecular formula is C10H9Cl2FN2O. The number of anilines is 1. The average molecular weight is 263 g/mol. The molecule has 1 amide bonds. The predicted octanol–water partition coefficient (Wildman–Crippen LogP) is 2.47. The van der Waals surface area contributed by atoms with Crippen LogP contribution in [0.4, 0.5) is 10.2 Å². The molecule has 1 aromatic heterocycles. The molecule has 0 saturated carbocycles. The molecule has 2 rings (SSSR count). The molecule has 1 fully saturated rings. The summed E-state index contributed by atoms with van der Waals surface area (Å²) in [6.45, 7) is 0.411. The number of alkyl halides is 1. The zero-order valence-electron chi connectivity index (χ0n) is 8.29. The minimum atomic E-state index is -0.587. The summed E-state index contributed by atoms with van der Waals surface area (Å²) < 4.78 is 13.5. The highest BCUT2D eigenvalue weighted by Crippen LogP contribution is 2.27. The molecule has 3 nitrogen and oxygen atoms in total. The SMILES string of the molecule is O=C1CC(CCl)CN1c1ncc(Cl)cc1F. The lowest BCUT2D eigenvalue weighted by Gasteiger charge is -2.15. The smallest absolute Gasteiger partial charge is 0.228 e. The van der Waals surface area contributed by atoms with Crippen LogP contribution in [0.3, 0.4) is 0 Å². The standard InChI is InChI=1S/C10H9Cl2FN2O/c11-3-6-1-9(16)15(5-6)10-8(13)2-7(12)4-14-10/h2,4,6H,1,3,5H2. The molecule has 16 heavy (non-hydrogen) atoms. The van der Waals surface area contributed by atoms with E-state index < -0.39 is 5.82 Å². The number of carbonyl (C=O) groups is 1. The van der Waals surface area contributed by atoms with Crippen molar-refractivity contribution in [1.29, 1.82) is 0 Å². The lowest BCUT2D eigenvalue weighted by molar-refractivity contribution is -0.117. The molecule has 6 heteroatoms. The van der Waals surface area contributed by atoms with E-state index in [0.29, 0.717) is 18.8 Å². The number of aromatic nitrogens is 1. The van der Waals surface area contributed by atoms with Crippen molar-refractivity contribution in [1.82, 2.24) is 4.98 Å². The lowest BCUT2D eigenvalue weighted by Crippen LogP contribution is -2.26. The summed E-state index contributed by atoms with van der Waals surface area (Å²) in [5, 5.41) is 0.210. The highest BCUT2D eigenvalue weighted by Gasteiger charge is 2.32. The van der Waals surface area contributed by atoms with Crippen LogP contribution in [-0.4, -0.2) is 23.3 Å². The van der Waals surface area contributed by atoms with Crippen molar-refractivity contribution in [3.8, 4) is 0 Å². The van der Waals surface area contributed by atoms with Gasteiger partial charge in [0.2, 0.25) is 5.91 Å². The first-order valence-electron chi connectivity index (χ1n) is 4.79. The van der Waals surface area contributed by atoms with Crippen LogP contribution < -0.4 is 4.90 Å². The maximum atomic E-state index is 13.5. The molecule has 1 saturated heterocycles. The molecule has 1 aromatic rings. The van der Waals surface area contributed by atoms with Crippen molar-refractivity contribution < 1.29 is 9.18 Å². The van der Waals surface area contributed by atoms with Crippen LogP contribution >= 0.6 is 23.2 Å². The van der Waals surface area contributed by atoms with E-state index in [1.165, 1.54) is 11.1 Å². The highest BCUT2D eigenvalue weighted by atomic mass is 35.5. The largest absolute Gasteiger partial charge is 0.294 e. The normalized spacial score (nSPS) is 20.6. The van der Waals surface area contributed by atoms with Gasteiger partial charge in [-0.05, 0) is 12.0 Å². The predicted molar refractivity (Wildman–Crippen MR) is 60.4 cm³/mol. The van der Waals surface area contributed by atoms with Crippen LogP contribution in [-0.2, 0) is 4.79 Å². The number of nitrogens with zero attached hydrogens (tertiary/aromatic N) is 2. The quantitative estimate of drug-likeness (QED) is 0.768. The molecule has 1 atom stereocenters. The zero-order chi connectivity index (χ0) is 11.7. The van der Waals surface area contributed by atoms with E-state index in [0.717, 1.165) is 6.07 Å². The van der Waals surface area contributed by atoms with E-state index in [1.54, 1.807) is 0 Å². The number of rotatable bonds is 2. The Morgan fingerprint density at radius 1 is 1.62 bits per heavy atom. The van der Waals surface area contributed by atoms with Crippen LogP contribution in [0.2, 0.25) is 5.02 Å². The lowest BCUT2D eigenvalue weighted by atomic mass is 10.1. The van der Waals surface area contributed by atoms with Gasteiger partial charge in [-0.25, -0.2) is 9.37 Å². The number of amides is 1. The Bertz CT molecular complexity index is 427. The molecule has 2 heterocycles. The molecule has 0 N–H and O–H groups in total. The van der Waals surface area contributed by atoms with Gasteiger partial charge < -0.3 is 0 Å². The van der Waals surface area contributed by atoms with Gasteiger partial charge in [0.25, 0.3) is 0 Å². The first-order chi connectivity index (χ1) is 7.61. The molecule has 0 radical (unpaired) electrons. The van der Waals surface area contributed by atoms with Crippen molar-refractivity contribution in [2.45, 2.75) is 6.42 Å². The number of hydrogen-bond acceptors (Lipinski definition) is 2. The Morgan fingerprint density at radius 3 is 2.94 bits per heavy atom. The van der Waals surface area contributed by atoms with Gasteiger partial charge >= 0.3 is 0 Å². The molecule has 1 aliphatic heterocycles. The van der Waals surface area contributed by atoms with Gasteiger partial charge in [0.05, 0.1) is 5.02 Å². The van der Waals surface area contributed by atoms with E-state index in [9.17, 15) is 9.18 Å². The minimum absolute atomic E-state index is 0.0296. The molecular weight excluding hydrogens is 254 g/mol. The van der Waals surface area contributed by atoms with E-state index in [2.05, 4.69) is 4.98 Å². The molecule has 1 unspecified atom stereocenters. The van der Waals surface area contributed by atoms with E-state index in [-0.39, 0.29) is 22.7 Å². The van der Waals surface area contributed by atoms with E-state index in [1.807, 2.05) is 0 Å². The first-order valence-corrected chi connectivity index (χ1v) is 5.70. The van der Waals surface area contributed by atoms with Gasteiger partial charge in [-0.3, -0.25) is 9.69 Å². The molecule has 0 bridgehead atoms. The third-order valence-electron chi connectivity index (χ3n) is 2.47. The van der Waals surface area contributed by atoms with Gasteiger partial charge in [-0.2, -0.15) is 0 Å². The van der Waals surface area contributed by atoms with Crippen molar-refractivity contribution in [3.05, 3.63) is 23.1 Å². The molecule has 86 valence electrons. The van der Waals surface area contributed by atoms with Crippen molar-refractivity contribution in [3.63, 3.8) is 0 Å². The molecule has 0 aliphatic carbocycles. The third-order valence-corrected chi connectivity index (χ3v) is 3.11. The van der Waals surface area contributed by atoms with Crippen molar-refractivity contribution >= 4 is 34.9 Å². The number of hydrogen-bond donors (Lipinski definition) is 0. The Hall–Kier alpha value is -0.870. The van der Waals surface area contributed by atoms with Gasteiger partial charge in [0.15, 0.2) is 11.6 Å². The second kappa shape index (κ2) is 4.55. The molecule has 1 aliphatic rings. The minimum Gasteiger partial charge on any atom is -0.294 e. The monoisotopic (exact) mass is 262 g/mol. The Balaban J connectivity index is 2.28. The van der Waals surface area contributed by atoms with Crippen LogP contribution in [0.1, 0.15) is 6.42 Å². The number of pyridine rings is 1. The summed E-state index contributed by atoms with van der Waals surface area (Å²) in [4.78, 5) is 16.8. The van der Waals surface area contributed by atoms with Gasteiger partial charge in [-0.1, -0.05) is 11.6 Å². The Labute approximate surface area is 102 Å². The molecule has 0 aromatic carbocycles. The fourth-order valence-corrected chi connectivity index (χ4v) is 2.05. The zero-order valence-corrected chi connectivity index (χ0v) is 9.80. The number of carbonyl (C=O) groups excluding carboxylic acids is 1. The summed E-state index contributed by atoms with van der Waals surface area (Å²) >= 11 is 11.3. The maximum absolute atomic E-state index is 13.5. The van der Waals surface area contributed by atoms with Crippen LogP contribution in [0, 0.1) is 11.7 Å². The van der Waals surface area contributed by atoms with Crippen LogP contribution in [0.15, 0.2) is 12.3 Å². The first kappa shape index (κ1) is 11.6. The topological polar surface area (TPSA) is 33.2 Å². The number of halogens is 3. The Morgan fingerprint density at radius 2 is 2.38 bits per heavy atom. The Kier molecular flexibility index (Phi) is 3.30. The van der Waals surface area contributed by atoms with E-state index in [4.69, 9.17) is 23.2 Å².